The molecule has 0 radical (unpaired) electrons. The normalized spacial score (nSPS) is 11.7. The summed E-state index contributed by atoms with van der Waals surface area (Å²) in [5, 5.41) is 0. The molecule has 2 aromatic carbocycles. The fourth-order valence-corrected chi connectivity index (χ4v) is 4.14. The van der Waals surface area contributed by atoms with Crippen LogP contribution in [0.1, 0.15) is 19.4 Å². The smallest absolute Gasteiger partial charge is 0.264 e. The molecule has 5 heteroatoms. The Morgan fingerprint density at radius 1 is 1.09 bits per heavy atom. The summed E-state index contributed by atoms with van der Waals surface area (Å²) in [4.78, 5) is 0.312. The summed E-state index contributed by atoms with van der Waals surface area (Å²) in [5.41, 5.74) is 1.75. The first-order chi connectivity index (χ1) is 10.3. The molecule has 0 heterocycles. The lowest BCUT2D eigenvalue weighted by Gasteiger charge is -2.26. The SMILES string of the molecule is Cc1ccc(N(CC(C)C)S(=O)(=O)c2ccccc2)cc1Br. The summed E-state index contributed by atoms with van der Waals surface area (Å²) >= 11 is 3.48. The van der Waals surface area contributed by atoms with Gasteiger partial charge in [0.25, 0.3) is 10.0 Å². The van der Waals surface area contributed by atoms with E-state index in [1.165, 1.54) is 4.31 Å². The van der Waals surface area contributed by atoms with Crippen molar-refractivity contribution in [1.82, 2.24) is 0 Å². The Labute approximate surface area is 141 Å². The Hall–Kier alpha value is -1.33. The van der Waals surface area contributed by atoms with Gasteiger partial charge in [-0.1, -0.05) is 54.0 Å². The third kappa shape index (κ3) is 3.70. The van der Waals surface area contributed by atoms with E-state index in [0.717, 1.165) is 10.0 Å². The third-order valence-electron chi connectivity index (χ3n) is 3.31. The molecular formula is C17H20BrNO2S. The van der Waals surface area contributed by atoms with Crippen LogP contribution in [0.3, 0.4) is 0 Å². The Bertz CT molecular complexity index is 743. The highest BCUT2D eigenvalue weighted by molar-refractivity contribution is 9.10. The Balaban J connectivity index is 2.53. The van der Waals surface area contributed by atoms with Gasteiger partial charge in [0.1, 0.15) is 0 Å². The van der Waals surface area contributed by atoms with E-state index in [4.69, 9.17) is 0 Å². The molecule has 0 saturated heterocycles. The number of sulfonamides is 1. The van der Waals surface area contributed by atoms with Gasteiger partial charge in [0.05, 0.1) is 10.6 Å². The number of halogens is 1. The minimum Gasteiger partial charge on any atom is -0.266 e. The lowest BCUT2D eigenvalue weighted by molar-refractivity contribution is 0.578. The van der Waals surface area contributed by atoms with Crippen LogP contribution < -0.4 is 4.31 Å². The van der Waals surface area contributed by atoms with Gasteiger partial charge >= 0.3 is 0 Å². The zero-order chi connectivity index (χ0) is 16.3. The molecule has 2 rings (SSSR count). The average Bonchev–Trinajstić information content (AvgIpc) is 2.48. The van der Waals surface area contributed by atoms with Gasteiger partial charge < -0.3 is 0 Å². The molecule has 0 spiro atoms. The molecule has 0 saturated carbocycles. The topological polar surface area (TPSA) is 37.4 Å². The third-order valence-corrected chi connectivity index (χ3v) is 5.97. The molecule has 0 fully saturated rings. The maximum Gasteiger partial charge on any atom is 0.264 e. The predicted octanol–water partition coefficient (Wildman–Crippen LogP) is 4.61. The van der Waals surface area contributed by atoms with Crippen LogP contribution in [0.4, 0.5) is 5.69 Å². The van der Waals surface area contributed by atoms with Gasteiger partial charge in [0.15, 0.2) is 0 Å². The molecule has 0 unspecified atom stereocenters. The largest absolute Gasteiger partial charge is 0.266 e. The van der Waals surface area contributed by atoms with Gasteiger partial charge in [-0.3, -0.25) is 4.31 Å². The second kappa shape index (κ2) is 6.84. The second-order valence-electron chi connectivity index (χ2n) is 5.68. The Kier molecular flexibility index (Phi) is 5.29. The number of hydrogen-bond donors (Lipinski definition) is 0. The van der Waals surface area contributed by atoms with E-state index >= 15 is 0 Å². The van der Waals surface area contributed by atoms with E-state index in [1.54, 1.807) is 24.3 Å². The Morgan fingerprint density at radius 2 is 1.73 bits per heavy atom. The molecule has 2 aromatic rings. The van der Waals surface area contributed by atoms with Gasteiger partial charge in [-0.15, -0.1) is 0 Å². The molecule has 0 aromatic heterocycles. The fraction of sp³-hybridized carbons (Fsp3) is 0.294. The monoisotopic (exact) mass is 381 g/mol. The predicted molar refractivity (Wildman–Crippen MR) is 94.7 cm³/mol. The van der Waals surface area contributed by atoms with Gasteiger partial charge in [0, 0.05) is 11.0 Å². The van der Waals surface area contributed by atoms with Crippen molar-refractivity contribution in [3.05, 3.63) is 58.6 Å². The zero-order valence-corrected chi connectivity index (χ0v) is 15.4. The second-order valence-corrected chi connectivity index (χ2v) is 8.39. The number of rotatable bonds is 5. The molecule has 0 bridgehead atoms. The molecule has 3 nitrogen and oxygen atoms in total. The number of hydrogen-bond acceptors (Lipinski definition) is 2. The van der Waals surface area contributed by atoms with E-state index in [1.807, 2.05) is 45.0 Å². The number of anilines is 1. The number of benzene rings is 2. The molecule has 22 heavy (non-hydrogen) atoms. The summed E-state index contributed by atoms with van der Waals surface area (Å²) in [6, 6.07) is 14.2. The van der Waals surface area contributed by atoms with E-state index in [-0.39, 0.29) is 5.92 Å². The summed E-state index contributed by atoms with van der Waals surface area (Å²) in [5.74, 6) is 0.221. The Morgan fingerprint density at radius 3 is 2.27 bits per heavy atom. The minimum atomic E-state index is -3.57. The fourth-order valence-electron chi connectivity index (χ4n) is 2.13. The molecule has 0 N–H and O–H groups in total. The first-order valence-corrected chi connectivity index (χ1v) is 9.39. The standard InChI is InChI=1S/C17H20BrNO2S/c1-13(2)12-19(15-10-9-14(3)17(18)11-15)22(20,21)16-7-5-4-6-8-16/h4-11,13H,12H2,1-3H3. The van der Waals surface area contributed by atoms with Crippen molar-refractivity contribution in [2.75, 3.05) is 10.8 Å². The van der Waals surface area contributed by atoms with Gasteiger partial charge in [-0.25, -0.2) is 8.42 Å². The van der Waals surface area contributed by atoms with Crippen LogP contribution in [0, 0.1) is 12.8 Å². The van der Waals surface area contributed by atoms with E-state index in [9.17, 15) is 8.42 Å². The van der Waals surface area contributed by atoms with Gasteiger partial charge in [-0.05, 0) is 42.7 Å². The molecule has 0 amide bonds. The lowest BCUT2D eigenvalue weighted by Crippen LogP contribution is -2.34. The molecular weight excluding hydrogens is 362 g/mol. The summed E-state index contributed by atoms with van der Waals surface area (Å²) in [7, 11) is -3.57. The number of nitrogens with zero attached hydrogens (tertiary/aromatic N) is 1. The van der Waals surface area contributed by atoms with Crippen molar-refractivity contribution in [3.8, 4) is 0 Å². The lowest BCUT2D eigenvalue weighted by atomic mass is 10.2. The van der Waals surface area contributed by atoms with Crippen LogP contribution in [0.5, 0.6) is 0 Å². The molecule has 0 atom stereocenters. The van der Waals surface area contributed by atoms with Crippen molar-refractivity contribution in [1.29, 1.82) is 0 Å². The van der Waals surface area contributed by atoms with Crippen LogP contribution in [-0.2, 0) is 10.0 Å². The van der Waals surface area contributed by atoms with Crippen molar-refractivity contribution < 1.29 is 8.42 Å². The van der Waals surface area contributed by atoms with Gasteiger partial charge in [-0.2, -0.15) is 0 Å². The zero-order valence-electron chi connectivity index (χ0n) is 13.0. The van der Waals surface area contributed by atoms with Crippen LogP contribution in [0.2, 0.25) is 0 Å². The van der Waals surface area contributed by atoms with Crippen molar-refractivity contribution in [3.63, 3.8) is 0 Å². The maximum absolute atomic E-state index is 13.0. The summed E-state index contributed by atoms with van der Waals surface area (Å²) in [6.45, 7) is 6.44. The first kappa shape index (κ1) is 17.0. The van der Waals surface area contributed by atoms with Gasteiger partial charge in [0.2, 0.25) is 0 Å². The number of aryl methyl sites for hydroxylation is 1. The summed E-state index contributed by atoms with van der Waals surface area (Å²) < 4.78 is 28.3. The highest BCUT2D eigenvalue weighted by atomic mass is 79.9. The van der Waals surface area contributed by atoms with Crippen molar-refractivity contribution in [2.45, 2.75) is 25.7 Å². The van der Waals surface area contributed by atoms with Crippen LogP contribution >= 0.6 is 15.9 Å². The van der Waals surface area contributed by atoms with E-state index in [0.29, 0.717) is 17.1 Å². The van der Waals surface area contributed by atoms with E-state index in [2.05, 4.69) is 15.9 Å². The van der Waals surface area contributed by atoms with E-state index < -0.39 is 10.0 Å². The highest BCUT2D eigenvalue weighted by Crippen LogP contribution is 2.28. The van der Waals surface area contributed by atoms with Crippen LogP contribution in [0.25, 0.3) is 0 Å². The quantitative estimate of drug-likeness (QED) is 0.758. The summed E-state index contributed by atoms with van der Waals surface area (Å²) in [6.07, 6.45) is 0. The molecule has 0 aliphatic carbocycles. The molecule has 0 aliphatic heterocycles. The van der Waals surface area contributed by atoms with Crippen LogP contribution in [0.15, 0.2) is 57.9 Å². The average molecular weight is 382 g/mol. The maximum atomic E-state index is 13.0. The first-order valence-electron chi connectivity index (χ1n) is 7.16. The van der Waals surface area contributed by atoms with Crippen LogP contribution in [-0.4, -0.2) is 15.0 Å². The minimum absolute atomic E-state index is 0.221. The van der Waals surface area contributed by atoms with Crippen molar-refractivity contribution in [2.24, 2.45) is 5.92 Å². The molecule has 118 valence electrons. The molecule has 0 aliphatic rings. The highest BCUT2D eigenvalue weighted by Gasteiger charge is 2.25. The van der Waals surface area contributed by atoms with Crippen molar-refractivity contribution >= 4 is 31.6 Å².